The first-order chi connectivity index (χ1) is 15.5. The maximum Gasteiger partial charge on any atom is 0.267 e. The number of hydrogen-bond acceptors (Lipinski definition) is 6. The molecule has 166 valence electrons. The van der Waals surface area contributed by atoms with Gasteiger partial charge in [0.1, 0.15) is 0 Å². The maximum atomic E-state index is 12.9. The molecule has 0 unspecified atom stereocenters. The lowest BCUT2D eigenvalue weighted by molar-refractivity contribution is -0.130. The zero-order valence-electron chi connectivity index (χ0n) is 17.9. The highest BCUT2D eigenvalue weighted by Crippen LogP contribution is 2.15. The van der Waals surface area contributed by atoms with Crippen molar-refractivity contribution in [2.45, 2.75) is 13.5 Å². The van der Waals surface area contributed by atoms with E-state index < -0.39 is 5.91 Å². The summed E-state index contributed by atoms with van der Waals surface area (Å²) in [7, 11) is 0. The summed E-state index contributed by atoms with van der Waals surface area (Å²) in [5.74, 6) is -0.678. The number of hydroxylamine groups is 1. The highest BCUT2D eigenvalue weighted by atomic mass is 16.5. The maximum absolute atomic E-state index is 12.9. The average Bonchev–Trinajstić information content (AvgIpc) is 2.82. The first-order valence-electron chi connectivity index (χ1n) is 10.3. The Morgan fingerprint density at radius 3 is 2.28 bits per heavy atom. The Kier molecular flexibility index (Phi) is 8.02. The topological polar surface area (TPSA) is 103 Å². The second-order valence-corrected chi connectivity index (χ2v) is 7.43. The smallest absolute Gasteiger partial charge is 0.267 e. The number of aromatic nitrogens is 1. The van der Waals surface area contributed by atoms with Crippen molar-refractivity contribution in [1.82, 2.24) is 20.3 Å². The van der Waals surface area contributed by atoms with Crippen LogP contribution < -0.4 is 5.48 Å². The van der Waals surface area contributed by atoms with Crippen molar-refractivity contribution in [2.24, 2.45) is 0 Å². The zero-order valence-corrected chi connectivity index (χ0v) is 17.9. The van der Waals surface area contributed by atoms with Gasteiger partial charge in [-0.1, -0.05) is 30.3 Å². The number of amides is 2. The molecule has 32 heavy (non-hydrogen) atoms. The van der Waals surface area contributed by atoms with Crippen LogP contribution in [0.4, 0.5) is 0 Å². The number of pyridine rings is 1. The predicted octanol–water partition coefficient (Wildman–Crippen LogP) is 2.16. The van der Waals surface area contributed by atoms with E-state index in [-0.39, 0.29) is 11.7 Å². The van der Waals surface area contributed by atoms with E-state index in [1.54, 1.807) is 31.2 Å². The van der Waals surface area contributed by atoms with Gasteiger partial charge in [0.05, 0.1) is 11.4 Å². The molecule has 2 amide bonds. The Balaban J connectivity index is 1.67. The van der Waals surface area contributed by atoms with Crippen LogP contribution in [0.25, 0.3) is 12.2 Å². The highest BCUT2D eigenvalue weighted by molar-refractivity contribution is 6.07. The second kappa shape index (κ2) is 11.1. The third-order valence-corrected chi connectivity index (χ3v) is 5.21. The molecule has 1 aliphatic rings. The fraction of sp³-hybridized carbons (Fsp3) is 0.250. The molecular weight excluding hydrogens is 408 g/mol. The van der Waals surface area contributed by atoms with E-state index >= 15 is 0 Å². The molecule has 0 radical (unpaired) electrons. The molecule has 1 fully saturated rings. The monoisotopic (exact) mass is 434 g/mol. The molecule has 0 saturated carbocycles. The number of hydrogen-bond donors (Lipinski definition) is 2. The molecule has 2 aromatic rings. The van der Waals surface area contributed by atoms with Gasteiger partial charge in [-0.2, -0.15) is 0 Å². The first-order valence-corrected chi connectivity index (χ1v) is 10.3. The number of benzene rings is 1. The Morgan fingerprint density at radius 2 is 1.62 bits per heavy atom. The normalized spacial score (nSPS) is 14.8. The first kappa shape index (κ1) is 23.1. The van der Waals surface area contributed by atoms with E-state index in [0.717, 1.165) is 24.7 Å². The van der Waals surface area contributed by atoms with Crippen LogP contribution in [-0.4, -0.2) is 63.8 Å². The van der Waals surface area contributed by atoms with Gasteiger partial charge in [0.25, 0.3) is 5.91 Å². The molecule has 0 spiro atoms. The van der Waals surface area contributed by atoms with Gasteiger partial charge < -0.3 is 4.90 Å². The molecular formula is C24H26N4O4. The number of piperazine rings is 1. The summed E-state index contributed by atoms with van der Waals surface area (Å²) in [6.07, 6.45) is 5.75. The number of carbonyl (C=O) groups excluding carboxylic acids is 3. The van der Waals surface area contributed by atoms with Crippen LogP contribution in [0, 0.1) is 0 Å². The summed E-state index contributed by atoms with van der Waals surface area (Å²) in [5, 5.41) is 8.54. The van der Waals surface area contributed by atoms with Gasteiger partial charge in [0.2, 0.25) is 5.91 Å². The Labute approximate surface area is 186 Å². The van der Waals surface area contributed by atoms with E-state index in [4.69, 9.17) is 5.21 Å². The number of rotatable bonds is 7. The van der Waals surface area contributed by atoms with Gasteiger partial charge in [-0.3, -0.25) is 24.5 Å². The molecule has 1 aromatic carbocycles. The molecule has 3 rings (SSSR count). The predicted molar refractivity (Wildman–Crippen MR) is 121 cm³/mol. The summed E-state index contributed by atoms with van der Waals surface area (Å²) < 4.78 is 0. The van der Waals surface area contributed by atoms with Crippen LogP contribution in [0.15, 0.2) is 54.6 Å². The van der Waals surface area contributed by atoms with Gasteiger partial charge in [-0.05, 0) is 35.9 Å². The van der Waals surface area contributed by atoms with E-state index in [1.165, 1.54) is 17.6 Å². The van der Waals surface area contributed by atoms with Crippen molar-refractivity contribution >= 4 is 29.7 Å². The summed E-state index contributed by atoms with van der Waals surface area (Å²) in [6, 6.07) is 12.8. The Morgan fingerprint density at radius 1 is 0.969 bits per heavy atom. The third-order valence-electron chi connectivity index (χ3n) is 5.21. The van der Waals surface area contributed by atoms with Crippen molar-refractivity contribution < 1.29 is 19.6 Å². The SMILES string of the molecule is CC(=O)N1CCN(Cc2ccccc2C(=O)C=Cc2cccc(C=CC(=O)NO)n2)CC1. The fourth-order valence-corrected chi connectivity index (χ4v) is 3.46. The van der Waals surface area contributed by atoms with Crippen LogP contribution >= 0.6 is 0 Å². The van der Waals surface area contributed by atoms with Gasteiger partial charge in [-0.15, -0.1) is 0 Å². The number of nitrogens with one attached hydrogen (secondary N) is 1. The van der Waals surface area contributed by atoms with E-state index in [2.05, 4.69) is 9.88 Å². The third kappa shape index (κ3) is 6.44. The van der Waals surface area contributed by atoms with Gasteiger partial charge in [0.15, 0.2) is 5.78 Å². The van der Waals surface area contributed by atoms with Crippen LogP contribution in [0.3, 0.4) is 0 Å². The van der Waals surface area contributed by atoms with Gasteiger partial charge in [0, 0.05) is 51.3 Å². The molecule has 2 heterocycles. The van der Waals surface area contributed by atoms with Crippen molar-refractivity contribution in [3.05, 3.63) is 77.1 Å². The lowest BCUT2D eigenvalue weighted by atomic mass is 10.0. The van der Waals surface area contributed by atoms with Crippen LogP contribution in [0.5, 0.6) is 0 Å². The van der Waals surface area contributed by atoms with E-state index in [0.29, 0.717) is 36.6 Å². The fourth-order valence-electron chi connectivity index (χ4n) is 3.46. The van der Waals surface area contributed by atoms with Crippen molar-refractivity contribution in [3.8, 4) is 0 Å². The molecule has 0 aliphatic carbocycles. The quantitative estimate of drug-likeness (QED) is 0.300. The van der Waals surface area contributed by atoms with Crippen LogP contribution in [0.2, 0.25) is 0 Å². The highest BCUT2D eigenvalue weighted by Gasteiger charge is 2.20. The Bertz CT molecular complexity index is 1040. The molecule has 0 atom stereocenters. The minimum absolute atomic E-state index is 0.0928. The largest absolute Gasteiger partial charge is 0.340 e. The van der Waals surface area contributed by atoms with Gasteiger partial charge in [-0.25, -0.2) is 10.5 Å². The van der Waals surface area contributed by atoms with Crippen LogP contribution in [-0.2, 0) is 16.1 Å². The summed E-state index contributed by atoms with van der Waals surface area (Å²) in [4.78, 5) is 43.9. The van der Waals surface area contributed by atoms with Gasteiger partial charge >= 0.3 is 0 Å². The minimum atomic E-state index is -0.651. The molecule has 8 heteroatoms. The molecule has 1 saturated heterocycles. The van der Waals surface area contributed by atoms with E-state index in [9.17, 15) is 14.4 Å². The molecule has 8 nitrogen and oxygen atoms in total. The molecule has 1 aliphatic heterocycles. The number of carbonyl (C=O) groups is 3. The van der Waals surface area contributed by atoms with Crippen molar-refractivity contribution in [1.29, 1.82) is 0 Å². The second-order valence-electron chi connectivity index (χ2n) is 7.43. The molecule has 2 N–H and O–H groups in total. The summed E-state index contributed by atoms with van der Waals surface area (Å²) in [6.45, 7) is 5.17. The molecule has 1 aromatic heterocycles. The number of allylic oxidation sites excluding steroid dienone is 1. The summed E-state index contributed by atoms with van der Waals surface area (Å²) >= 11 is 0. The Hall–Kier alpha value is -3.62. The number of ketones is 1. The average molecular weight is 434 g/mol. The van der Waals surface area contributed by atoms with E-state index in [1.807, 2.05) is 29.2 Å². The summed E-state index contributed by atoms with van der Waals surface area (Å²) in [5.41, 5.74) is 4.19. The standard InChI is InChI=1S/C24H26N4O4/c1-18(29)28-15-13-27(14-16-28)17-19-5-2-3-8-22(19)23(30)11-9-20-6-4-7-21(25-20)10-12-24(31)26-32/h2-12,32H,13-17H2,1H3,(H,26,31). The lowest BCUT2D eigenvalue weighted by Gasteiger charge is -2.34. The number of nitrogens with zero attached hydrogens (tertiary/aromatic N) is 3. The zero-order chi connectivity index (χ0) is 22.9. The lowest BCUT2D eigenvalue weighted by Crippen LogP contribution is -2.47. The van der Waals surface area contributed by atoms with Crippen molar-refractivity contribution in [3.63, 3.8) is 0 Å². The minimum Gasteiger partial charge on any atom is -0.340 e. The van der Waals surface area contributed by atoms with Crippen molar-refractivity contribution in [2.75, 3.05) is 26.2 Å². The molecule has 0 bridgehead atoms. The van der Waals surface area contributed by atoms with Crippen LogP contribution in [0.1, 0.15) is 34.2 Å².